The number of hydrogen-bond donors (Lipinski definition) is 2. The van der Waals surface area contributed by atoms with Crippen LogP contribution in [0.5, 0.6) is 0 Å². The minimum atomic E-state index is -0.446. The summed E-state index contributed by atoms with van der Waals surface area (Å²) in [7, 11) is 0. The van der Waals surface area contributed by atoms with Gasteiger partial charge in [0.1, 0.15) is 5.82 Å². The summed E-state index contributed by atoms with van der Waals surface area (Å²) in [5, 5.41) is 10.1. The molecule has 0 saturated heterocycles. The van der Waals surface area contributed by atoms with Gasteiger partial charge in [-0.1, -0.05) is 54.6 Å². The van der Waals surface area contributed by atoms with Crippen molar-refractivity contribution in [3.63, 3.8) is 0 Å². The molecular formula is C24H22N4O3. The Labute approximate surface area is 179 Å². The Morgan fingerprint density at radius 1 is 1.00 bits per heavy atom. The van der Waals surface area contributed by atoms with E-state index in [1.807, 2.05) is 67.6 Å². The molecule has 2 aromatic heterocycles. The molecule has 0 aliphatic rings. The molecule has 2 N–H and O–H groups in total. The van der Waals surface area contributed by atoms with Gasteiger partial charge in [-0.3, -0.25) is 9.59 Å². The van der Waals surface area contributed by atoms with E-state index in [4.69, 9.17) is 9.52 Å². The first-order chi connectivity index (χ1) is 15.1. The number of carbonyl (C=O) groups is 2. The van der Waals surface area contributed by atoms with Crippen LogP contribution in [0.2, 0.25) is 0 Å². The molecule has 4 rings (SSSR count). The number of aryl methyl sites for hydroxylation is 1. The number of aromatic nitrogens is 2. The standard InChI is InChI=1S/C24H22N4O3/c1-17-8-5-6-11-19(17)20-14-22(28(27-20)16-18-9-3-2-4-10-18)26-23(29)15-25-24(30)21-12-7-13-31-21/h2-14H,15-16H2,1H3,(H,25,30)(H,26,29). The Kier molecular flexibility index (Phi) is 5.93. The van der Waals surface area contributed by atoms with Crippen LogP contribution in [0, 0.1) is 6.92 Å². The molecule has 0 aliphatic heterocycles. The third-order valence-corrected chi connectivity index (χ3v) is 4.80. The summed E-state index contributed by atoms with van der Waals surface area (Å²) in [5.41, 5.74) is 3.92. The number of anilines is 1. The normalized spacial score (nSPS) is 10.6. The maximum Gasteiger partial charge on any atom is 0.287 e. The smallest absolute Gasteiger partial charge is 0.287 e. The predicted molar refractivity (Wildman–Crippen MR) is 118 cm³/mol. The lowest BCUT2D eigenvalue weighted by Gasteiger charge is -2.09. The zero-order valence-corrected chi connectivity index (χ0v) is 17.0. The van der Waals surface area contributed by atoms with E-state index in [0.29, 0.717) is 12.4 Å². The Hall–Kier alpha value is -4.13. The van der Waals surface area contributed by atoms with Gasteiger partial charge in [0, 0.05) is 11.6 Å². The lowest BCUT2D eigenvalue weighted by Crippen LogP contribution is -2.33. The van der Waals surface area contributed by atoms with Crippen LogP contribution in [0.1, 0.15) is 21.7 Å². The highest BCUT2D eigenvalue weighted by atomic mass is 16.3. The minimum Gasteiger partial charge on any atom is -0.459 e. The van der Waals surface area contributed by atoms with Crippen LogP contribution < -0.4 is 10.6 Å². The van der Waals surface area contributed by atoms with E-state index in [1.54, 1.807) is 10.7 Å². The molecule has 2 heterocycles. The summed E-state index contributed by atoms with van der Waals surface area (Å²) in [5.74, 6) is -0.0906. The summed E-state index contributed by atoms with van der Waals surface area (Å²) >= 11 is 0. The van der Waals surface area contributed by atoms with Crippen LogP contribution >= 0.6 is 0 Å². The van der Waals surface area contributed by atoms with Gasteiger partial charge >= 0.3 is 0 Å². The van der Waals surface area contributed by atoms with Crippen LogP contribution in [0.4, 0.5) is 5.82 Å². The van der Waals surface area contributed by atoms with Crippen molar-refractivity contribution in [3.8, 4) is 11.3 Å². The van der Waals surface area contributed by atoms with Gasteiger partial charge in [0.2, 0.25) is 5.91 Å². The van der Waals surface area contributed by atoms with Crippen LogP contribution in [0.15, 0.2) is 83.5 Å². The Bertz CT molecular complexity index is 1180. The van der Waals surface area contributed by atoms with Gasteiger partial charge in [0.25, 0.3) is 5.91 Å². The number of rotatable bonds is 7. The molecule has 0 atom stereocenters. The van der Waals surface area contributed by atoms with Crippen molar-refractivity contribution in [2.24, 2.45) is 0 Å². The quantitative estimate of drug-likeness (QED) is 0.480. The first-order valence-corrected chi connectivity index (χ1v) is 9.89. The molecule has 2 amide bonds. The SMILES string of the molecule is Cc1ccccc1-c1cc(NC(=O)CNC(=O)c2ccco2)n(Cc2ccccc2)n1. The summed E-state index contributed by atoms with van der Waals surface area (Å²) in [4.78, 5) is 24.5. The van der Waals surface area contributed by atoms with Crippen molar-refractivity contribution in [2.45, 2.75) is 13.5 Å². The second kappa shape index (κ2) is 9.13. The van der Waals surface area contributed by atoms with Crippen LogP contribution in [-0.2, 0) is 11.3 Å². The number of nitrogens with one attached hydrogen (secondary N) is 2. The molecule has 0 unspecified atom stereocenters. The molecule has 0 saturated carbocycles. The first kappa shape index (κ1) is 20.2. The molecule has 0 aliphatic carbocycles. The minimum absolute atomic E-state index is 0.156. The van der Waals surface area contributed by atoms with E-state index in [0.717, 1.165) is 22.4 Å². The van der Waals surface area contributed by atoms with Gasteiger partial charge in [-0.05, 0) is 30.2 Å². The number of nitrogens with zero attached hydrogens (tertiary/aromatic N) is 2. The van der Waals surface area contributed by atoms with E-state index in [-0.39, 0.29) is 18.2 Å². The van der Waals surface area contributed by atoms with E-state index < -0.39 is 5.91 Å². The molecule has 7 heteroatoms. The van der Waals surface area contributed by atoms with Crippen LogP contribution in [0.25, 0.3) is 11.3 Å². The number of furan rings is 1. The summed E-state index contributed by atoms with van der Waals surface area (Å²) < 4.78 is 6.79. The Morgan fingerprint density at radius 2 is 1.77 bits per heavy atom. The Morgan fingerprint density at radius 3 is 2.52 bits per heavy atom. The second-order valence-corrected chi connectivity index (χ2v) is 7.08. The molecule has 156 valence electrons. The molecular weight excluding hydrogens is 392 g/mol. The molecule has 2 aromatic carbocycles. The maximum atomic E-state index is 12.5. The number of carbonyl (C=O) groups excluding carboxylic acids is 2. The van der Waals surface area contributed by atoms with Gasteiger partial charge in [-0.15, -0.1) is 0 Å². The lowest BCUT2D eigenvalue weighted by molar-refractivity contribution is -0.115. The van der Waals surface area contributed by atoms with E-state index in [9.17, 15) is 9.59 Å². The van der Waals surface area contributed by atoms with Gasteiger partial charge < -0.3 is 15.1 Å². The lowest BCUT2D eigenvalue weighted by atomic mass is 10.1. The average Bonchev–Trinajstić information content (AvgIpc) is 3.44. The zero-order valence-electron chi connectivity index (χ0n) is 17.0. The molecule has 0 bridgehead atoms. The number of benzene rings is 2. The van der Waals surface area contributed by atoms with Gasteiger partial charge in [0.05, 0.1) is 25.0 Å². The monoisotopic (exact) mass is 414 g/mol. The molecule has 4 aromatic rings. The topological polar surface area (TPSA) is 89.2 Å². The fourth-order valence-corrected chi connectivity index (χ4v) is 3.23. The summed E-state index contributed by atoms with van der Waals surface area (Å²) in [6.07, 6.45) is 1.41. The summed E-state index contributed by atoms with van der Waals surface area (Å²) in [6.45, 7) is 2.34. The Balaban J connectivity index is 1.53. The molecule has 0 fully saturated rings. The molecule has 31 heavy (non-hydrogen) atoms. The van der Waals surface area contributed by atoms with Crippen molar-refractivity contribution in [3.05, 3.63) is 95.9 Å². The fraction of sp³-hybridized carbons (Fsp3) is 0.125. The highest BCUT2D eigenvalue weighted by Gasteiger charge is 2.15. The van der Waals surface area contributed by atoms with Crippen molar-refractivity contribution in [1.82, 2.24) is 15.1 Å². The van der Waals surface area contributed by atoms with Crippen molar-refractivity contribution in [2.75, 3.05) is 11.9 Å². The van der Waals surface area contributed by atoms with E-state index in [1.165, 1.54) is 12.3 Å². The largest absolute Gasteiger partial charge is 0.459 e. The fourth-order valence-electron chi connectivity index (χ4n) is 3.23. The highest BCUT2D eigenvalue weighted by molar-refractivity contribution is 5.97. The van der Waals surface area contributed by atoms with Crippen molar-refractivity contribution >= 4 is 17.6 Å². The van der Waals surface area contributed by atoms with E-state index >= 15 is 0 Å². The zero-order chi connectivity index (χ0) is 21.6. The maximum absolute atomic E-state index is 12.5. The molecule has 0 radical (unpaired) electrons. The summed E-state index contributed by atoms with van der Waals surface area (Å²) in [6, 6.07) is 22.8. The van der Waals surface area contributed by atoms with Gasteiger partial charge in [-0.2, -0.15) is 5.10 Å². The van der Waals surface area contributed by atoms with Crippen LogP contribution in [0.3, 0.4) is 0 Å². The van der Waals surface area contributed by atoms with Crippen LogP contribution in [-0.4, -0.2) is 28.1 Å². The molecule has 7 nitrogen and oxygen atoms in total. The van der Waals surface area contributed by atoms with Gasteiger partial charge in [-0.25, -0.2) is 4.68 Å². The number of amides is 2. The van der Waals surface area contributed by atoms with Gasteiger partial charge in [0.15, 0.2) is 5.76 Å². The third kappa shape index (κ3) is 4.90. The third-order valence-electron chi connectivity index (χ3n) is 4.80. The van der Waals surface area contributed by atoms with E-state index in [2.05, 4.69) is 10.6 Å². The molecule has 0 spiro atoms. The average molecular weight is 414 g/mol. The highest BCUT2D eigenvalue weighted by Crippen LogP contribution is 2.25. The van der Waals surface area contributed by atoms with Crippen molar-refractivity contribution < 1.29 is 14.0 Å². The number of hydrogen-bond acceptors (Lipinski definition) is 4. The first-order valence-electron chi connectivity index (χ1n) is 9.89. The van der Waals surface area contributed by atoms with Crippen molar-refractivity contribution in [1.29, 1.82) is 0 Å². The second-order valence-electron chi connectivity index (χ2n) is 7.08. The predicted octanol–water partition coefficient (Wildman–Crippen LogP) is 3.87.